The van der Waals surface area contributed by atoms with Crippen molar-refractivity contribution >= 4 is 16.8 Å². The molecule has 1 aromatic carbocycles. The molecule has 1 aromatic heterocycles. The highest BCUT2D eigenvalue weighted by Gasteiger charge is 2.12. The standard InChI is InChI=1S/C15H20N2O/c1-10(2)11(3)9-16-15(18)14-8-12-6-4-5-7-13(12)17-14/h4-8,10-11,17H,9H2,1-3H3,(H,16,18). The molecule has 2 rings (SSSR count). The minimum Gasteiger partial charge on any atom is -0.351 e. The maximum atomic E-state index is 12.0. The van der Waals surface area contributed by atoms with E-state index in [1.165, 1.54) is 0 Å². The Morgan fingerprint density at radius 2 is 2.00 bits per heavy atom. The van der Waals surface area contributed by atoms with Gasteiger partial charge in [-0.25, -0.2) is 0 Å². The molecular formula is C15H20N2O. The number of rotatable bonds is 4. The number of carbonyl (C=O) groups excluding carboxylic acids is 1. The maximum absolute atomic E-state index is 12.0. The number of benzene rings is 1. The van der Waals surface area contributed by atoms with Crippen LogP contribution in [0.2, 0.25) is 0 Å². The van der Waals surface area contributed by atoms with Crippen LogP contribution >= 0.6 is 0 Å². The number of hydrogen-bond acceptors (Lipinski definition) is 1. The summed E-state index contributed by atoms with van der Waals surface area (Å²) in [5, 5.41) is 4.04. The summed E-state index contributed by atoms with van der Waals surface area (Å²) in [7, 11) is 0. The minimum absolute atomic E-state index is 0.0290. The number of H-pyrrole nitrogens is 1. The number of para-hydroxylation sites is 1. The van der Waals surface area contributed by atoms with Crippen LogP contribution in [0.4, 0.5) is 0 Å². The van der Waals surface area contributed by atoms with Gasteiger partial charge in [0.2, 0.25) is 0 Å². The molecule has 18 heavy (non-hydrogen) atoms. The molecule has 0 spiro atoms. The first-order valence-electron chi connectivity index (χ1n) is 6.44. The summed E-state index contributed by atoms with van der Waals surface area (Å²) in [6.07, 6.45) is 0. The Labute approximate surface area is 108 Å². The molecule has 0 aliphatic heterocycles. The van der Waals surface area contributed by atoms with Gasteiger partial charge in [-0.3, -0.25) is 4.79 Å². The Morgan fingerprint density at radius 1 is 1.28 bits per heavy atom. The zero-order valence-corrected chi connectivity index (χ0v) is 11.2. The SMILES string of the molecule is CC(C)C(C)CNC(=O)c1cc2ccccc2[nH]1. The minimum atomic E-state index is -0.0290. The molecule has 0 saturated heterocycles. The lowest BCUT2D eigenvalue weighted by Crippen LogP contribution is -2.30. The van der Waals surface area contributed by atoms with Gasteiger partial charge in [0.1, 0.15) is 5.69 Å². The van der Waals surface area contributed by atoms with Crippen molar-refractivity contribution < 1.29 is 4.79 Å². The van der Waals surface area contributed by atoms with Gasteiger partial charge in [0.25, 0.3) is 5.91 Å². The van der Waals surface area contributed by atoms with Crippen molar-refractivity contribution in [3.63, 3.8) is 0 Å². The topological polar surface area (TPSA) is 44.9 Å². The van der Waals surface area contributed by atoms with E-state index in [2.05, 4.69) is 31.1 Å². The lowest BCUT2D eigenvalue weighted by molar-refractivity contribution is 0.0941. The van der Waals surface area contributed by atoms with Crippen LogP contribution in [0.3, 0.4) is 0 Å². The van der Waals surface area contributed by atoms with Crippen LogP contribution in [-0.4, -0.2) is 17.4 Å². The zero-order chi connectivity index (χ0) is 13.1. The summed E-state index contributed by atoms with van der Waals surface area (Å²) in [4.78, 5) is 15.1. The molecule has 0 bridgehead atoms. The quantitative estimate of drug-likeness (QED) is 0.852. The van der Waals surface area contributed by atoms with Crippen molar-refractivity contribution in [1.29, 1.82) is 0 Å². The predicted molar refractivity (Wildman–Crippen MR) is 74.6 cm³/mol. The third kappa shape index (κ3) is 2.73. The second-order valence-corrected chi connectivity index (χ2v) is 5.20. The van der Waals surface area contributed by atoms with E-state index in [1.54, 1.807) is 0 Å². The summed E-state index contributed by atoms with van der Waals surface area (Å²) in [5.74, 6) is 1.03. The normalized spacial score (nSPS) is 12.9. The molecule has 0 saturated carbocycles. The third-order valence-corrected chi connectivity index (χ3v) is 3.50. The van der Waals surface area contributed by atoms with E-state index in [1.807, 2.05) is 30.3 Å². The van der Waals surface area contributed by atoms with E-state index < -0.39 is 0 Å². The van der Waals surface area contributed by atoms with E-state index in [0.29, 0.717) is 24.1 Å². The van der Waals surface area contributed by atoms with Crippen molar-refractivity contribution in [3.8, 4) is 0 Å². The smallest absolute Gasteiger partial charge is 0.267 e. The molecule has 2 N–H and O–H groups in total. The van der Waals surface area contributed by atoms with Crippen molar-refractivity contribution in [3.05, 3.63) is 36.0 Å². The van der Waals surface area contributed by atoms with Crippen molar-refractivity contribution in [2.24, 2.45) is 11.8 Å². The summed E-state index contributed by atoms with van der Waals surface area (Å²) in [6, 6.07) is 9.80. The second-order valence-electron chi connectivity index (χ2n) is 5.20. The Bertz CT molecular complexity index is 509. The zero-order valence-electron chi connectivity index (χ0n) is 11.2. The van der Waals surface area contributed by atoms with Crippen LogP contribution < -0.4 is 5.32 Å². The molecule has 2 aromatic rings. The molecule has 1 atom stereocenters. The van der Waals surface area contributed by atoms with E-state index in [-0.39, 0.29) is 5.91 Å². The summed E-state index contributed by atoms with van der Waals surface area (Å²) in [5.41, 5.74) is 1.63. The fourth-order valence-electron chi connectivity index (χ4n) is 1.78. The fraction of sp³-hybridized carbons (Fsp3) is 0.400. The lowest BCUT2D eigenvalue weighted by Gasteiger charge is -2.15. The maximum Gasteiger partial charge on any atom is 0.267 e. The summed E-state index contributed by atoms with van der Waals surface area (Å²) < 4.78 is 0. The molecule has 0 fully saturated rings. The van der Waals surface area contributed by atoms with E-state index >= 15 is 0 Å². The highest BCUT2D eigenvalue weighted by molar-refractivity contribution is 5.97. The molecule has 1 unspecified atom stereocenters. The van der Waals surface area contributed by atoms with Gasteiger partial charge in [0.05, 0.1) is 0 Å². The van der Waals surface area contributed by atoms with Crippen LogP contribution in [-0.2, 0) is 0 Å². The number of fused-ring (bicyclic) bond motifs is 1. The summed E-state index contributed by atoms with van der Waals surface area (Å²) >= 11 is 0. The first-order valence-corrected chi connectivity index (χ1v) is 6.44. The van der Waals surface area contributed by atoms with Gasteiger partial charge in [-0.2, -0.15) is 0 Å². The third-order valence-electron chi connectivity index (χ3n) is 3.50. The lowest BCUT2D eigenvalue weighted by atomic mass is 9.98. The van der Waals surface area contributed by atoms with Gasteiger partial charge >= 0.3 is 0 Å². The fourth-order valence-corrected chi connectivity index (χ4v) is 1.78. The number of amides is 1. The predicted octanol–water partition coefficient (Wildman–Crippen LogP) is 3.19. The van der Waals surface area contributed by atoms with Gasteiger partial charge in [-0.1, -0.05) is 39.0 Å². The van der Waals surface area contributed by atoms with Gasteiger partial charge in [0, 0.05) is 17.4 Å². The molecule has 0 aliphatic rings. The van der Waals surface area contributed by atoms with Gasteiger partial charge in [-0.15, -0.1) is 0 Å². The van der Waals surface area contributed by atoms with E-state index in [4.69, 9.17) is 0 Å². The number of nitrogens with one attached hydrogen (secondary N) is 2. The van der Waals surface area contributed by atoms with Gasteiger partial charge < -0.3 is 10.3 Å². The van der Waals surface area contributed by atoms with Crippen LogP contribution in [0.15, 0.2) is 30.3 Å². The number of hydrogen-bond donors (Lipinski definition) is 2. The van der Waals surface area contributed by atoms with Crippen LogP contribution in [0.25, 0.3) is 10.9 Å². The van der Waals surface area contributed by atoms with Crippen LogP contribution in [0, 0.1) is 11.8 Å². The van der Waals surface area contributed by atoms with E-state index in [0.717, 1.165) is 10.9 Å². The van der Waals surface area contributed by atoms with Gasteiger partial charge in [0.15, 0.2) is 0 Å². The molecular weight excluding hydrogens is 224 g/mol. The summed E-state index contributed by atoms with van der Waals surface area (Å²) in [6.45, 7) is 7.20. The molecule has 1 heterocycles. The molecule has 3 heteroatoms. The second kappa shape index (κ2) is 5.25. The van der Waals surface area contributed by atoms with Crippen LogP contribution in [0.5, 0.6) is 0 Å². The van der Waals surface area contributed by atoms with Crippen LogP contribution in [0.1, 0.15) is 31.3 Å². The monoisotopic (exact) mass is 244 g/mol. The highest BCUT2D eigenvalue weighted by Crippen LogP contribution is 2.14. The largest absolute Gasteiger partial charge is 0.351 e. The Morgan fingerprint density at radius 3 is 2.67 bits per heavy atom. The molecule has 3 nitrogen and oxygen atoms in total. The average molecular weight is 244 g/mol. The van der Waals surface area contributed by atoms with Crippen molar-refractivity contribution in [1.82, 2.24) is 10.3 Å². The molecule has 0 radical (unpaired) electrons. The first kappa shape index (κ1) is 12.7. The number of carbonyl (C=O) groups is 1. The Hall–Kier alpha value is -1.77. The molecule has 0 aliphatic carbocycles. The number of aromatic nitrogens is 1. The van der Waals surface area contributed by atoms with E-state index in [9.17, 15) is 4.79 Å². The first-order chi connectivity index (χ1) is 8.58. The molecule has 1 amide bonds. The highest BCUT2D eigenvalue weighted by atomic mass is 16.1. The van der Waals surface area contributed by atoms with Gasteiger partial charge in [-0.05, 0) is 24.0 Å². The van der Waals surface area contributed by atoms with Crippen molar-refractivity contribution in [2.75, 3.05) is 6.54 Å². The number of aromatic amines is 1. The average Bonchev–Trinajstić information content (AvgIpc) is 2.79. The Balaban J connectivity index is 2.05. The van der Waals surface area contributed by atoms with Crippen molar-refractivity contribution in [2.45, 2.75) is 20.8 Å². The Kier molecular flexibility index (Phi) is 3.70. The molecule has 96 valence electrons.